The fraction of sp³-hybridized carbons (Fsp3) is 0.455. The van der Waals surface area contributed by atoms with Crippen molar-refractivity contribution in [3.63, 3.8) is 0 Å². The lowest BCUT2D eigenvalue weighted by molar-refractivity contribution is 0.308. The average Bonchev–Trinajstić information content (AvgIpc) is 2.23. The molecular formula is C11H17N3O. The number of nitrogens with two attached hydrogens (primary N) is 1. The van der Waals surface area contributed by atoms with E-state index >= 15 is 0 Å². The van der Waals surface area contributed by atoms with Gasteiger partial charge in [0.25, 0.3) is 0 Å². The molecule has 0 aliphatic heterocycles. The number of hydrogen-bond donors (Lipinski definition) is 1. The minimum atomic E-state index is 0.514. The van der Waals surface area contributed by atoms with Gasteiger partial charge in [-0.1, -0.05) is 19.4 Å². The molecule has 15 heavy (non-hydrogen) atoms. The van der Waals surface area contributed by atoms with Gasteiger partial charge in [-0.3, -0.25) is 0 Å². The lowest BCUT2D eigenvalue weighted by atomic mass is 10.2. The van der Waals surface area contributed by atoms with Gasteiger partial charge in [0.15, 0.2) is 0 Å². The summed E-state index contributed by atoms with van der Waals surface area (Å²) in [4.78, 5) is 8.04. The Bertz CT molecular complexity index is 326. The summed E-state index contributed by atoms with van der Waals surface area (Å²) < 4.78 is 5.51. The van der Waals surface area contributed by atoms with Crippen molar-refractivity contribution in [2.24, 2.45) is 0 Å². The van der Waals surface area contributed by atoms with Crippen molar-refractivity contribution in [1.29, 1.82) is 0 Å². The fourth-order valence-corrected chi connectivity index (χ4v) is 1.26. The summed E-state index contributed by atoms with van der Waals surface area (Å²) in [5, 5.41) is 0. The summed E-state index contributed by atoms with van der Waals surface area (Å²) in [5.41, 5.74) is 6.67. The molecule has 0 atom stereocenters. The molecule has 0 aromatic carbocycles. The number of rotatable bonds is 6. The Morgan fingerprint density at radius 3 is 3.00 bits per heavy atom. The Kier molecular flexibility index (Phi) is 4.60. The van der Waals surface area contributed by atoms with Gasteiger partial charge < -0.3 is 10.5 Å². The molecule has 0 bridgehead atoms. The van der Waals surface area contributed by atoms with E-state index in [2.05, 4.69) is 23.5 Å². The molecule has 1 aromatic heterocycles. The van der Waals surface area contributed by atoms with Crippen LogP contribution < -0.4 is 10.5 Å². The van der Waals surface area contributed by atoms with Crippen LogP contribution in [-0.4, -0.2) is 16.6 Å². The van der Waals surface area contributed by atoms with Crippen molar-refractivity contribution < 1.29 is 4.74 Å². The Hall–Kier alpha value is -1.58. The zero-order valence-electron chi connectivity index (χ0n) is 9.07. The lowest BCUT2D eigenvalue weighted by Gasteiger charge is -2.09. The number of anilines is 1. The van der Waals surface area contributed by atoms with Crippen LogP contribution in [0.15, 0.2) is 19.0 Å². The van der Waals surface area contributed by atoms with Crippen molar-refractivity contribution in [2.45, 2.75) is 26.2 Å². The zero-order valence-corrected chi connectivity index (χ0v) is 9.07. The van der Waals surface area contributed by atoms with E-state index in [0.717, 1.165) is 24.8 Å². The van der Waals surface area contributed by atoms with Gasteiger partial charge in [-0.05, 0) is 12.8 Å². The molecule has 82 valence electrons. The molecule has 0 unspecified atom stereocenters. The molecule has 0 saturated carbocycles. The molecular weight excluding hydrogens is 190 g/mol. The van der Waals surface area contributed by atoms with E-state index in [-0.39, 0.29) is 0 Å². The van der Waals surface area contributed by atoms with Gasteiger partial charge in [0.1, 0.15) is 12.1 Å². The maximum absolute atomic E-state index is 5.76. The molecule has 4 nitrogen and oxygen atoms in total. The van der Waals surface area contributed by atoms with Crippen LogP contribution in [0, 0.1) is 0 Å². The first-order valence-corrected chi connectivity index (χ1v) is 5.12. The molecule has 0 aliphatic carbocycles. The number of nitrogens with zero attached hydrogens (tertiary/aromatic N) is 2. The molecule has 4 heteroatoms. The van der Waals surface area contributed by atoms with E-state index in [1.807, 2.05) is 6.08 Å². The highest BCUT2D eigenvalue weighted by molar-refractivity contribution is 5.44. The van der Waals surface area contributed by atoms with Crippen molar-refractivity contribution in [2.75, 3.05) is 12.3 Å². The van der Waals surface area contributed by atoms with Gasteiger partial charge in [0, 0.05) is 0 Å². The molecule has 1 aromatic rings. The molecule has 0 saturated heterocycles. The first-order chi connectivity index (χ1) is 7.29. The summed E-state index contributed by atoms with van der Waals surface area (Å²) in [6.07, 6.45) is 5.88. The van der Waals surface area contributed by atoms with Crippen LogP contribution in [0.4, 0.5) is 5.82 Å². The van der Waals surface area contributed by atoms with Crippen molar-refractivity contribution >= 4 is 5.82 Å². The maximum atomic E-state index is 5.76. The standard InChI is InChI=1S/C11H17N3O/c1-3-5-7-15-11-9(6-4-2)10(12)13-8-14-11/h3,8H,1,4-7H2,2H3,(H2,12,13,14). The van der Waals surface area contributed by atoms with Crippen LogP contribution in [0.25, 0.3) is 0 Å². The summed E-state index contributed by atoms with van der Waals surface area (Å²) in [5.74, 6) is 1.12. The second-order valence-electron chi connectivity index (χ2n) is 3.22. The maximum Gasteiger partial charge on any atom is 0.221 e. The average molecular weight is 207 g/mol. The van der Waals surface area contributed by atoms with E-state index in [9.17, 15) is 0 Å². The Morgan fingerprint density at radius 2 is 2.33 bits per heavy atom. The number of hydrogen-bond acceptors (Lipinski definition) is 4. The van der Waals surface area contributed by atoms with Crippen LogP contribution >= 0.6 is 0 Å². The largest absolute Gasteiger partial charge is 0.477 e. The van der Waals surface area contributed by atoms with E-state index in [4.69, 9.17) is 10.5 Å². The Balaban J connectivity index is 2.75. The van der Waals surface area contributed by atoms with E-state index < -0.39 is 0 Å². The summed E-state index contributed by atoms with van der Waals surface area (Å²) >= 11 is 0. The second kappa shape index (κ2) is 6.01. The molecule has 0 amide bonds. The first kappa shape index (κ1) is 11.5. The Labute approximate surface area is 90.2 Å². The number of ether oxygens (including phenoxy) is 1. The van der Waals surface area contributed by atoms with Crippen LogP contribution in [0.5, 0.6) is 5.88 Å². The zero-order chi connectivity index (χ0) is 11.1. The summed E-state index contributed by atoms with van der Waals surface area (Å²) in [7, 11) is 0. The molecule has 1 rings (SSSR count). The van der Waals surface area contributed by atoms with Crippen LogP contribution in [0.3, 0.4) is 0 Å². The lowest BCUT2D eigenvalue weighted by Crippen LogP contribution is -2.06. The van der Waals surface area contributed by atoms with Crippen LogP contribution in [-0.2, 0) is 6.42 Å². The monoisotopic (exact) mass is 207 g/mol. The number of nitrogen functional groups attached to an aromatic ring is 1. The summed E-state index contributed by atoms with van der Waals surface area (Å²) in [6.45, 7) is 6.29. The van der Waals surface area contributed by atoms with Gasteiger partial charge >= 0.3 is 0 Å². The van der Waals surface area contributed by atoms with Gasteiger partial charge in [-0.15, -0.1) is 6.58 Å². The van der Waals surface area contributed by atoms with Crippen LogP contribution in [0.1, 0.15) is 25.3 Å². The minimum absolute atomic E-state index is 0.514. The van der Waals surface area contributed by atoms with Crippen LogP contribution in [0.2, 0.25) is 0 Å². The fourth-order valence-electron chi connectivity index (χ4n) is 1.26. The van der Waals surface area contributed by atoms with E-state index in [1.54, 1.807) is 0 Å². The van der Waals surface area contributed by atoms with E-state index in [0.29, 0.717) is 18.3 Å². The molecule has 1 heterocycles. The highest BCUT2D eigenvalue weighted by Gasteiger charge is 2.08. The molecule has 0 aliphatic rings. The predicted octanol–water partition coefficient (Wildman–Crippen LogP) is 1.97. The molecule has 0 fully saturated rings. The first-order valence-electron chi connectivity index (χ1n) is 5.12. The third-order valence-electron chi connectivity index (χ3n) is 2.00. The third kappa shape index (κ3) is 3.23. The predicted molar refractivity (Wildman–Crippen MR) is 60.7 cm³/mol. The highest BCUT2D eigenvalue weighted by Crippen LogP contribution is 2.21. The topological polar surface area (TPSA) is 61.0 Å². The van der Waals surface area contributed by atoms with Gasteiger partial charge in [0.2, 0.25) is 5.88 Å². The molecule has 0 spiro atoms. The van der Waals surface area contributed by atoms with Crippen molar-refractivity contribution in [1.82, 2.24) is 9.97 Å². The SMILES string of the molecule is C=CCCOc1ncnc(N)c1CCC. The number of aromatic nitrogens is 2. The molecule has 2 N–H and O–H groups in total. The van der Waals surface area contributed by atoms with Gasteiger partial charge in [0.05, 0.1) is 12.2 Å². The normalized spacial score (nSPS) is 9.93. The summed E-state index contributed by atoms with van der Waals surface area (Å²) in [6, 6.07) is 0. The highest BCUT2D eigenvalue weighted by atomic mass is 16.5. The Morgan fingerprint density at radius 1 is 1.53 bits per heavy atom. The van der Waals surface area contributed by atoms with Gasteiger partial charge in [-0.2, -0.15) is 0 Å². The third-order valence-corrected chi connectivity index (χ3v) is 2.00. The van der Waals surface area contributed by atoms with Crippen molar-refractivity contribution in [3.05, 3.63) is 24.5 Å². The minimum Gasteiger partial charge on any atom is -0.477 e. The molecule has 0 radical (unpaired) electrons. The smallest absolute Gasteiger partial charge is 0.221 e. The van der Waals surface area contributed by atoms with E-state index in [1.165, 1.54) is 6.33 Å². The van der Waals surface area contributed by atoms with Crippen molar-refractivity contribution in [3.8, 4) is 5.88 Å². The quantitative estimate of drug-likeness (QED) is 0.572. The van der Waals surface area contributed by atoms with Gasteiger partial charge in [-0.25, -0.2) is 9.97 Å². The second-order valence-corrected chi connectivity index (χ2v) is 3.22.